The van der Waals surface area contributed by atoms with E-state index in [0.29, 0.717) is 17.2 Å². The minimum atomic E-state index is -0.0546. The molecule has 0 saturated heterocycles. The number of ketones is 1. The molecule has 1 aliphatic carbocycles. The van der Waals surface area contributed by atoms with Crippen molar-refractivity contribution in [2.45, 2.75) is 45.1 Å². The van der Waals surface area contributed by atoms with Crippen molar-refractivity contribution in [1.29, 1.82) is 0 Å². The van der Waals surface area contributed by atoms with Crippen molar-refractivity contribution in [2.24, 2.45) is 0 Å². The van der Waals surface area contributed by atoms with Crippen LogP contribution < -0.4 is 0 Å². The van der Waals surface area contributed by atoms with Gasteiger partial charge in [0.1, 0.15) is 0 Å². The minimum Gasteiger partial charge on any atom is -0.339 e. The van der Waals surface area contributed by atoms with E-state index in [1.807, 2.05) is 18.0 Å². The van der Waals surface area contributed by atoms with Crippen LogP contribution in [-0.4, -0.2) is 29.7 Å². The number of carbonyl (C=O) groups excluding carboxylic acids is 2. The average Bonchev–Trinajstić information content (AvgIpc) is 2.46. The van der Waals surface area contributed by atoms with Gasteiger partial charge in [-0.1, -0.05) is 37.5 Å². The summed E-state index contributed by atoms with van der Waals surface area (Å²) in [5.41, 5.74) is 1.05. The Kier molecular flexibility index (Phi) is 4.35. The quantitative estimate of drug-likeness (QED) is 0.781. The lowest BCUT2D eigenvalue weighted by molar-refractivity contribution is 0.0692. The molecule has 3 heteroatoms. The largest absolute Gasteiger partial charge is 0.339 e. The lowest BCUT2D eigenvalue weighted by atomic mass is 9.93. The van der Waals surface area contributed by atoms with Crippen LogP contribution in [0, 0.1) is 0 Å². The fourth-order valence-corrected chi connectivity index (χ4v) is 2.80. The van der Waals surface area contributed by atoms with E-state index in [-0.39, 0.29) is 11.7 Å². The van der Waals surface area contributed by atoms with E-state index < -0.39 is 0 Å². The van der Waals surface area contributed by atoms with Crippen LogP contribution in [0.25, 0.3) is 0 Å². The lowest BCUT2D eigenvalue weighted by Gasteiger charge is -2.31. The number of nitrogens with zero attached hydrogens (tertiary/aromatic N) is 1. The van der Waals surface area contributed by atoms with Gasteiger partial charge in [0.05, 0.1) is 5.56 Å². The third-order valence-electron chi connectivity index (χ3n) is 3.98. The van der Waals surface area contributed by atoms with E-state index in [9.17, 15) is 9.59 Å². The predicted octanol–water partition coefficient (Wildman–Crippen LogP) is 3.29. The number of rotatable bonds is 3. The predicted molar refractivity (Wildman–Crippen MR) is 75.4 cm³/mol. The van der Waals surface area contributed by atoms with Crippen molar-refractivity contribution >= 4 is 11.7 Å². The molecule has 0 N–H and O–H groups in total. The maximum Gasteiger partial charge on any atom is 0.254 e. The van der Waals surface area contributed by atoms with E-state index in [0.717, 1.165) is 12.8 Å². The molecule has 19 heavy (non-hydrogen) atoms. The summed E-state index contributed by atoms with van der Waals surface area (Å²) in [6.45, 7) is 1.51. The van der Waals surface area contributed by atoms with Crippen molar-refractivity contribution in [2.75, 3.05) is 7.05 Å². The Morgan fingerprint density at radius 1 is 1.05 bits per heavy atom. The molecule has 0 unspecified atom stereocenters. The van der Waals surface area contributed by atoms with Crippen molar-refractivity contribution in [3.05, 3.63) is 35.4 Å². The van der Waals surface area contributed by atoms with Crippen LogP contribution in [0.4, 0.5) is 0 Å². The van der Waals surface area contributed by atoms with Gasteiger partial charge in [-0.2, -0.15) is 0 Å². The molecule has 0 heterocycles. The average molecular weight is 259 g/mol. The fraction of sp³-hybridized carbons (Fsp3) is 0.500. The molecule has 1 aliphatic rings. The topological polar surface area (TPSA) is 37.4 Å². The summed E-state index contributed by atoms with van der Waals surface area (Å²) in [5, 5.41) is 0. The Bertz CT molecular complexity index is 475. The molecular formula is C16H21NO2. The van der Waals surface area contributed by atoms with Gasteiger partial charge in [-0.05, 0) is 25.8 Å². The summed E-state index contributed by atoms with van der Waals surface area (Å²) in [7, 11) is 1.86. The van der Waals surface area contributed by atoms with Gasteiger partial charge >= 0.3 is 0 Å². The second-order valence-corrected chi connectivity index (χ2v) is 5.31. The molecule has 2 rings (SSSR count). The van der Waals surface area contributed by atoms with Crippen LogP contribution in [-0.2, 0) is 0 Å². The van der Waals surface area contributed by atoms with E-state index in [4.69, 9.17) is 0 Å². The van der Waals surface area contributed by atoms with Crippen molar-refractivity contribution in [3.63, 3.8) is 0 Å². The Morgan fingerprint density at radius 3 is 2.21 bits per heavy atom. The summed E-state index contributed by atoms with van der Waals surface area (Å²) < 4.78 is 0. The van der Waals surface area contributed by atoms with Gasteiger partial charge in [0, 0.05) is 18.7 Å². The summed E-state index contributed by atoms with van der Waals surface area (Å²) in [6, 6.07) is 7.41. The first-order valence-corrected chi connectivity index (χ1v) is 6.98. The first-order valence-electron chi connectivity index (χ1n) is 6.98. The molecule has 102 valence electrons. The molecule has 1 fully saturated rings. The molecule has 1 aromatic carbocycles. The zero-order valence-corrected chi connectivity index (χ0v) is 11.7. The first-order chi connectivity index (χ1) is 9.11. The van der Waals surface area contributed by atoms with Gasteiger partial charge in [0.2, 0.25) is 0 Å². The standard InChI is InChI=1S/C16H21NO2/c1-12(18)14-10-6-7-11-15(14)16(19)17(2)13-8-4-3-5-9-13/h6-7,10-11,13H,3-5,8-9H2,1-2H3. The van der Waals surface area contributed by atoms with Gasteiger partial charge in [0.25, 0.3) is 5.91 Å². The van der Waals surface area contributed by atoms with E-state index in [2.05, 4.69) is 0 Å². The third kappa shape index (κ3) is 3.03. The summed E-state index contributed by atoms with van der Waals surface area (Å²) in [4.78, 5) is 26.0. The second kappa shape index (κ2) is 6.00. The molecule has 0 bridgehead atoms. The Balaban J connectivity index is 2.21. The lowest BCUT2D eigenvalue weighted by Crippen LogP contribution is -2.38. The highest BCUT2D eigenvalue weighted by Crippen LogP contribution is 2.23. The highest BCUT2D eigenvalue weighted by Gasteiger charge is 2.24. The molecular weight excluding hydrogens is 238 g/mol. The number of carbonyl (C=O) groups is 2. The van der Waals surface area contributed by atoms with Crippen LogP contribution in [0.5, 0.6) is 0 Å². The third-order valence-corrected chi connectivity index (χ3v) is 3.98. The summed E-state index contributed by atoms with van der Waals surface area (Å²) in [6.07, 6.45) is 5.80. The molecule has 0 aliphatic heterocycles. The number of hydrogen-bond acceptors (Lipinski definition) is 2. The molecule has 1 aromatic rings. The van der Waals surface area contributed by atoms with Gasteiger partial charge in [-0.25, -0.2) is 0 Å². The maximum atomic E-state index is 12.5. The number of benzene rings is 1. The van der Waals surface area contributed by atoms with Crippen LogP contribution in [0.1, 0.15) is 59.7 Å². The highest BCUT2D eigenvalue weighted by atomic mass is 16.2. The Hall–Kier alpha value is -1.64. The van der Waals surface area contributed by atoms with Crippen molar-refractivity contribution in [3.8, 4) is 0 Å². The number of amides is 1. The number of hydrogen-bond donors (Lipinski definition) is 0. The molecule has 3 nitrogen and oxygen atoms in total. The zero-order valence-electron chi connectivity index (χ0n) is 11.7. The molecule has 0 spiro atoms. The Morgan fingerprint density at radius 2 is 1.63 bits per heavy atom. The molecule has 0 aromatic heterocycles. The van der Waals surface area contributed by atoms with E-state index in [1.165, 1.54) is 26.2 Å². The van der Waals surface area contributed by atoms with Crippen molar-refractivity contribution < 1.29 is 9.59 Å². The van der Waals surface area contributed by atoms with Crippen molar-refractivity contribution in [1.82, 2.24) is 4.90 Å². The zero-order chi connectivity index (χ0) is 13.8. The first kappa shape index (κ1) is 13.8. The molecule has 1 amide bonds. The van der Waals surface area contributed by atoms with Crippen LogP contribution >= 0.6 is 0 Å². The second-order valence-electron chi connectivity index (χ2n) is 5.31. The van der Waals surface area contributed by atoms with E-state index >= 15 is 0 Å². The van der Waals surface area contributed by atoms with Crippen LogP contribution in [0.15, 0.2) is 24.3 Å². The smallest absolute Gasteiger partial charge is 0.254 e. The van der Waals surface area contributed by atoms with Gasteiger partial charge in [0.15, 0.2) is 5.78 Å². The number of Topliss-reactive ketones (excluding diaryl/α,β-unsaturated/α-hetero) is 1. The van der Waals surface area contributed by atoms with Gasteiger partial charge in [-0.3, -0.25) is 9.59 Å². The molecule has 0 atom stereocenters. The summed E-state index contributed by atoms with van der Waals surface area (Å²) in [5.74, 6) is -0.0845. The highest BCUT2D eigenvalue weighted by molar-refractivity contribution is 6.07. The van der Waals surface area contributed by atoms with Crippen LogP contribution in [0.3, 0.4) is 0 Å². The Labute approximate surface area is 114 Å². The summed E-state index contributed by atoms with van der Waals surface area (Å²) >= 11 is 0. The fourth-order valence-electron chi connectivity index (χ4n) is 2.80. The SMILES string of the molecule is CC(=O)c1ccccc1C(=O)N(C)C1CCCCC1. The monoisotopic (exact) mass is 259 g/mol. The minimum absolute atomic E-state index is 0.0299. The van der Waals surface area contributed by atoms with Gasteiger partial charge in [-0.15, -0.1) is 0 Å². The normalized spacial score (nSPS) is 16.1. The van der Waals surface area contributed by atoms with Crippen LogP contribution in [0.2, 0.25) is 0 Å². The van der Waals surface area contributed by atoms with E-state index in [1.54, 1.807) is 18.2 Å². The van der Waals surface area contributed by atoms with Gasteiger partial charge < -0.3 is 4.90 Å². The molecule has 1 saturated carbocycles. The maximum absolute atomic E-state index is 12.5. The molecule has 0 radical (unpaired) electrons.